The minimum absolute atomic E-state index is 0.174. The number of nitrogens with zero attached hydrogens (tertiary/aromatic N) is 2. The maximum atomic E-state index is 13.2. The SMILES string of the molecule is Cn1ccc(CCNCc2cc(F)cc(C(F)(F)F)c2)n1. The smallest absolute Gasteiger partial charge is 0.312 e. The van der Waals surface area contributed by atoms with Crippen LogP contribution in [0.5, 0.6) is 0 Å². The van der Waals surface area contributed by atoms with Crippen LogP contribution < -0.4 is 5.32 Å². The molecule has 0 radical (unpaired) electrons. The Bertz CT molecular complexity index is 605. The van der Waals surface area contributed by atoms with Crippen molar-refractivity contribution in [2.24, 2.45) is 7.05 Å². The Balaban J connectivity index is 1.89. The van der Waals surface area contributed by atoms with E-state index in [1.165, 1.54) is 0 Å². The summed E-state index contributed by atoms with van der Waals surface area (Å²) in [7, 11) is 1.81. The van der Waals surface area contributed by atoms with Gasteiger partial charge in [0.05, 0.1) is 11.3 Å². The van der Waals surface area contributed by atoms with Crippen molar-refractivity contribution in [3.05, 3.63) is 53.1 Å². The van der Waals surface area contributed by atoms with Crippen molar-refractivity contribution in [1.82, 2.24) is 15.1 Å². The number of halogens is 4. The van der Waals surface area contributed by atoms with Crippen molar-refractivity contribution in [2.75, 3.05) is 6.54 Å². The van der Waals surface area contributed by atoms with Gasteiger partial charge in [0.25, 0.3) is 0 Å². The fourth-order valence-electron chi connectivity index (χ4n) is 1.96. The van der Waals surface area contributed by atoms with E-state index in [4.69, 9.17) is 0 Å². The molecule has 1 N–H and O–H groups in total. The summed E-state index contributed by atoms with van der Waals surface area (Å²) in [6.07, 6.45) is -2.06. The van der Waals surface area contributed by atoms with Gasteiger partial charge in [-0.05, 0) is 29.8 Å². The van der Waals surface area contributed by atoms with E-state index in [1.807, 2.05) is 19.3 Å². The predicted octanol–water partition coefficient (Wildman–Crippen LogP) is 2.91. The summed E-state index contributed by atoms with van der Waals surface area (Å²) in [6.45, 7) is 0.725. The first-order valence-electron chi connectivity index (χ1n) is 6.40. The van der Waals surface area contributed by atoms with Gasteiger partial charge in [-0.1, -0.05) is 0 Å². The van der Waals surface area contributed by atoms with Crippen LogP contribution in [0.3, 0.4) is 0 Å². The first-order chi connectivity index (χ1) is 9.84. The zero-order valence-corrected chi connectivity index (χ0v) is 11.4. The van der Waals surface area contributed by atoms with Crippen LogP contribution in [-0.4, -0.2) is 16.3 Å². The molecule has 0 aliphatic heterocycles. The molecule has 1 heterocycles. The lowest BCUT2D eigenvalue weighted by Crippen LogP contribution is -2.18. The fourth-order valence-corrected chi connectivity index (χ4v) is 1.96. The first-order valence-corrected chi connectivity index (χ1v) is 6.40. The van der Waals surface area contributed by atoms with Crippen molar-refractivity contribution in [1.29, 1.82) is 0 Å². The Labute approximate surface area is 119 Å². The van der Waals surface area contributed by atoms with Crippen LogP contribution in [0.15, 0.2) is 30.5 Å². The van der Waals surface area contributed by atoms with E-state index >= 15 is 0 Å². The molecule has 0 bridgehead atoms. The second-order valence-corrected chi connectivity index (χ2v) is 4.75. The van der Waals surface area contributed by atoms with Crippen LogP contribution in [0.25, 0.3) is 0 Å². The van der Waals surface area contributed by atoms with Crippen molar-refractivity contribution >= 4 is 0 Å². The van der Waals surface area contributed by atoms with Crippen molar-refractivity contribution in [3.63, 3.8) is 0 Å². The normalized spacial score (nSPS) is 11.9. The number of alkyl halides is 3. The van der Waals surface area contributed by atoms with Crippen molar-refractivity contribution in [3.8, 4) is 0 Å². The molecule has 0 atom stereocenters. The number of nitrogens with one attached hydrogen (secondary N) is 1. The molecule has 2 aromatic rings. The third-order valence-corrected chi connectivity index (χ3v) is 2.94. The summed E-state index contributed by atoms with van der Waals surface area (Å²) in [4.78, 5) is 0. The van der Waals surface area contributed by atoms with Crippen LogP contribution in [-0.2, 0) is 26.2 Å². The van der Waals surface area contributed by atoms with E-state index in [1.54, 1.807) is 4.68 Å². The molecule has 21 heavy (non-hydrogen) atoms. The Morgan fingerprint density at radius 3 is 2.62 bits per heavy atom. The zero-order valence-electron chi connectivity index (χ0n) is 11.4. The minimum atomic E-state index is -4.54. The highest BCUT2D eigenvalue weighted by Crippen LogP contribution is 2.30. The van der Waals surface area contributed by atoms with Crippen LogP contribution in [0.4, 0.5) is 17.6 Å². The molecular formula is C14H15F4N3. The van der Waals surface area contributed by atoms with E-state index in [-0.39, 0.29) is 12.1 Å². The van der Waals surface area contributed by atoms with E-state index in [0.717, 1.165) is 17.8 Å². The molecule has 0 aliphatic rings. The van der Waals surface area contributed by atoms with Crippen molar-refractivity contribution < 1.29 is 17.6 Å². The van der Waals surface area contributed by atoms with Crippen LogP contribution in [0, 0.1) is 5.82 Å². The molecule has 0 spiro atoms. The standard InChI is InChI=1S/C14H15F4N3/c1-21-5-3-13(20-21)2-4-19-9-10-6-11(14(16,17)18)8-12(15)7-10/h3,5-8,19H,2,4,9H2,1H3. The van der Waals surface area contributed by atoms with Crippen molar-refractivity contribution in [2.45, 2.75) is 19.1 Å². The second kappa shape index (κ2) is 6.26. The van der Waals surface area contributed by atoms with E-state index in [2.05, 4.69) is 10.4 Å². The molecule has 7 heteroatoms. The van der Waals surface area contributed by atoms with Crippen LogP contribution in [0.2, 0.25) is 0 Å². The molecule has 2 rings (SSSR count). The predicted molar refractivity (Wildman–Crippen MR) is 70.0 cm³/mol. The molecule has 0 saturated heterocycles. The van der Waals surface area contributed by atoms with Gasteiger partial charge in [0.2, 0.25) is 0 Å². The topological polar surface area (TPSA) is 29.9 Å². The third-order valence-electron chi connectivity index (χ3n) is 2.94. The first kappa shape index (κ1) is 15.5. The van der Waals surface area contributed by atoms with Gasteiger partial charge in [0, 0.05) is 32.8 Å². The van der Waals surface area contributed by atoms with Gasteiger partial charge in [-0.15, -0.1) is 0 Å². The number of hydrogen-bond donors (Lipinski definition) is 1. The molecule has 0 fully saturated rings. The number of hydrogen-bond acceptors (Lipinski definition) is 2. The highest BCUT2D eigenvalue weighted by atomic mass is 19.4. The van der Waals surface area contributed by atoms with Gasteiger partial charge in [0.15, 0.2) is 0 Å². The van der Waals surface area contributed by atoms with Crippen LogP contribution >= 0.6 is 0 Å². The highest BCUT2D eigenvalue weighted by molar-refractivity contribution is 5.26. The lowest BCUT2D eigenvalue weighted by Gasteiger charge is -2.10. The highest BCUT2D eigenvalue weighted by Gasteiger charge is 2.31. The third kappa shape index (κ3) is 4.56. The monoisotopic (exact) mass is 301 g/mol. The van der Waals surface area contributed by atoms with Gasteiger partial charge >= 0.3 is 6.18 Å². The maximum Gasteiger partial charge on any atom is 0.416 e. The Hall–Kier alpha value is -1.89. The molecule has 0 saturated carbocycles. The summed E-state index contributed by atoms with van der Waals surface area (Å²) in [5.74, 6) is -0.883. The molecule has 3 nitrogen and oxygen atoms in total. The number of benzene rings is 1. The zero-order chi connectivity index (χ0) is 15.5. The summed E-state index contributed by atoms with van der Waals surface area (Å²) < 4.78 is 52.6. The summed E-state index contributed by atoms with van der Waals surface area (Å²) in [6, 6.07) is 4.42. The molecule has 0 aliphatic carbocycles. The van der Waals surface area contributed by atoms with Gasteiger partial charge < -0.3 is 5.32 Å². The largest absolute Gasteiger partial charge is 0.416 e. The maximum absolute atomic E-state index is 13.2. The van der Waals surface area contributed by atoms with E-state index in [9.17, 15) is 17.6 Å². The quantitative estimate of drug-likeness (QED) is 0.680. The molecule has 0 unspecified atom stereocenters. The molecule has 0 amide bonds. The van der Waals surface area contributed by atoms with Gasteiger partial charge in [-0.25, -0.2) is 4.39 Å². The Morgan fingerprint density at radius 1 is 1.24 bits per heavy atom. The molecular weight excluding hydrogens is 286 g/mol. The minimum Gasteiger partial charge on any atom is -0.312 e. The molecule has 1 aromatic carbocycles. The number of aromatic nitrogens is 2. The fraction of sp³-hybridized carbons (Fsp3) is 0.357. The van der Waals surface area contributed by atoms with Crippen LogP contribution in [0.1, 0.15) is 16.8 Å². The van der Waals surface area contributed by atoms with Gasteiger partial charge in [-0.3, -0.25) is 4.68 Å². The van der Waals surface area contributed by atoms with E-state index in [0.29, 0.717) is 19.0 Å². The Morgan fingerprint density at radius 2 is 2.00 bits per heavy atom. The van der Waals surface area contributed by atoms with Gasteiger partial charge in [-0.2, -0.15) is 18.3 Å². The summed E-state index contributed by atoms with van der Waals surface area (Å²) in [5.41, 5.74) is 0.188. The molecule has 1 aromatic heterocycles. The van der Waals surface area contributed by atoms with E-state index < -0.39 is 17.6 Å². The number of aryl methyl sites for hydroxylation is 1. The average molecular weight is 301 g/mol. The lowest BCUT2D eigenvalue weighted by molar-refractivity contribution is -0.137. The average Bonchev–Trinajstić information content (AvgIpc) is 2.79. The second-order valence-electron chi connectivity index (χ2n) is 4.75. The number of rotatable bonds is 5. The lowest BCUT2D eigenvalue weighted by atomic mass is 10.1. The van der Waals surface area contributed by atoms with Gasteiger partial charge in [0.1, 0.15) is 5.82 Å². The molecule has 114 valence electrons. The summed E-state index contributed by atoms with van der Waals surface area (Å²) >= 11 is 0. The summed E-state index contributed by atoms with van der Waals surface area (Å²) in [5, 5.41) is 7.17. The Kier molecular flexibility index (Phi) is 4.62.